The number of rotatable bonds is 3. The fourth-order valence-electron chi connectivity index (χ4n) is 3.23. The molecule has 0 spiro atoms. The molecular formula is C18H25N3. The summed E-state index contributed by atoms with van der Waals surface area (Å²) in [7, 11) is 0. The van der Waals surface area contributed by atoms with Crippen LogP contribution in [0.15, 0.2) is 18.2 Å². The summed E-state index contributed by atoms with van der Waals surface area (Å²) < 4.78 is 2.14. The van der Waals surface area contributed by atoms with E-state index in [0.29, 0.717) is 0 Å². The van der Waals surface area contributed by atoms with E-state index < -0.39 is 0 Å². The van der Waals surface area contributed by atoms with Gasteiger partial charge in [-0.1, -0.05) is 31.0 Å². The highest BCUT2D eigenvalue weighted by molar-refractivity contribution is 5.56. The van der Waals surface area contributed by atoms with Crippen molar-refractivity contribution in [3.8, 4) is 5.69 Å². The Labute approximate surface area is 127 Å². The number of benzene rings is 1. The van der Waals surface area contributed by atoms with Gasteiger partial charge in [-0.05, 0) is 51.2 Å². The molecule has 1 aromatic heterocycles. The molecule has 21 heavy (non-hydrogen) atoms. The van der Waals surface area contributed by atoms with Crippen LogP contribution in [0.2, 0.25) is 0 Å². The molecule has 3 nitrogen and oxygen atoms in total. The van der Waals surface area contributed by atoms with E-state index in [1.54, 1.807) is 0 Å². The van der Waals surface area contributed by atoms with Gasteiger partial charge < -0.3 is 5.32 Å². The summed E-state index contributed by atoms with van der Waals surface area (Å²) in [6, 6.07) is 6.60. The third kappa shape index (κ3) is 2.69. The van der Waals surface area contributed by atoms with Gasteiger partial charge in [0, 0.05) is 12.1 Å². The summed E-state index contributed by atoms with van der Waals surface area (Å²) in [4.78, 5) is 0. The van der Waals surface area contributed by atoms with Crippen molar-refractivity contribution in [1.82, 2.24) is 9.78 Å². The highest BCUT2D eigenvalue weighted by Gasteiger charge is 2.20. The van der Waals surface area contributed by atoms with Gasteiger partial charge in [-0.3, -0.25) is 0 Å². The van der Waals surface area contributed by atoms with E-state index in [9.17, 15) is 0 Å². The topological polar surface area (TPSA) is 29.9 Å². The van der Waals surface area contributed by atoms with Crippen LogP contribution < -0.4 is 5.32 Å². The van der Waals surface area contributed by atoms with Gasteiger partial charge in [-0.2, -0.15) is 5.10 Å². The molecule has 112 valence electrons. The van der Waals surface area contributed by atoms with Crippen LogP contribution in [0.3, 0.4) is 0 Å². The Kier molecular flexibility index (Phi) is 4.00. The zero-order chi connectivity index (χ0) is 14.8. The van der Waals surface area contributed by atoms with Crippen LogP contribution in [0.25, 0.3) is 5.69 Å². The van der Waals surface area contributed by atoms with Gasteiger partial charge in [0.2, 0.25) is 0 Å². The zero-order valence-corrected chi connectivity index (χ0v) is 13.4. The first-order valence-corrected chi connectivity index (χ1v) is 8.13. The van der Waals surface area contributed by atoms with Crippen molar-refractivity contribution >= 4 is 5.82 Å². The Morgan fingerprint density at radius 3 is 2.86 bits per heavy atom. The molecule has 0 amide bonds. The largest absolute Gasteiger partial charge is 0.370 e. The van der Waals surface area contributed by atoms with E-state index >= 15 is 0 Å². The highest BCUT2D eigenvalue weighted by atomic mass is 15.3. The summed E-state index contributed by atoms with van der Waals surface area (Å²) in [5.41, 5.74) is 6.51. The van der Waals surface area contributed by atoms with Gasteiger partial charge in [0.25, 0.3) is 0 Å². The second kappa shape index (κ2) is 5.92. The second-order valence-corrected chi connectivity index (χ2v) is 6.11. The van der Waals surface area contributed by atoms with Gasteiger partial charge in [0.15, 0.2) is 0 Å². The van der Waals surface area contributed by atoms with E-state index in [-0.39, 0.29) is 0 Å². The van der Waals surface area contributed by atoms with Crippen molar-refractivity contribution in [1.29, 1.82) is 0 Å². The number of anilines is 1. The minimum absolute atomic E-state index is 1.05. The van der Waals surface area contributed by atoms with Crippen molar-refractivity contribution in [3.05, 3.63) is 40.6 Å². The minimum Gasteiger partial charge on any atom is -0.370 e. The Hall–Kier alpha value is -1.77. The lowest BCUT2D eigenvalue weighted by Gasteiger charge is -2.12. The zero-order valence-electron chi connectivity index (χ0n) is 13.4. The lowest BCUT2D eigenvalue weighted by molar-refractivity contribution is 0.752. The summed E-state index contributed by atoms with van der Waals surface area (Å²) >= 11 is 0. The molecule has 0 radical (unpaired) electrons. The number of aromatic nitrogens is 2. The van der Waals surface area contributed by atoms with E-state index in [1.165, 1.54) is 46.7 Å². The first-order valence-electron chi connectivity index (χ1n) is 8.13. The maximum absolute atomic E-state index is 4.94. The van der Waals surface area contributed by atoms with Gasteiger partial charge in [0.1, 0.15) is 5.82 Å². The molecule has 1 aliphatic heterocycles. The van der Waals surface area contributed by atoms with E-state index in [0.717, 1.165) is 25.8 Å². The summed E-state index contributed by atoms with van der Waals surface area (Å²) in [6.07, 6.45) is 5.88. The quantitative estimate of drug-likeness (QED) is 0.915. The molecule has 1 N–H and O–H groups in total. The summed E-state index contributed by atoms with van der Waals surface area (Å²) in [5, 5.41) is 8.55. The molecule has 2 aromatic rings. The number of nitrogens with one attached hydrogen (secondary N) is 1. The normalized spacial score (nSPS) is 14.4. The van der Waals surface area contributed by atoms with Gasteiger partial charge in [-0.25, -0.2) is 4.68 Å². The van der Waals surface area contributed by atoms with Crippen molar-refractivity contribution < 1.29 is 0 Å². The number of nitrogens with zero attached hydrogens (tertiary/aromatic N) is 2. The summed E-state index contributed by atoms with van der Waals surface area (Å²) in [5.74, 6) is 1.22. The van der Waals surface area contributed by atoms with Gasteiger partial charge in [-0.15, -0.1) is 0 Å². The molecule has 1 aromatic carbocycles. The smallest absolute Gasteiger partial charge is 0.133 e. The molecule has 1 aliphatic rings. The van der Waals surface area contributed by atoms with Crippen molar-refractivity contribution in [2.75, 3.05) is 11.9 Å². The highest BCUT2D eigenvalue weighted by Crippen LogP contribution is 2.30. The molecule has 0 saturated carbocycles. The number of hydrogen-bond acceptors (Lipinski definition) is 2. The van der Waals surface area contributed by atoms with Gasteiger partial charge >= 0.3 is 0 Å². The molecule has 0 fully saturated rings. The number of aryl methyl sites for hydroxylation is 3. The Morgan fingerprint density at radius 1 is 1.24 bits per heavy atom. The Morgan fingerprint density at radius 2 is 2.10 bits per heavy atom. The number of fused-ring (bicyclic) bond motifs is 1. The van der Waals surface area contributed by atoms with Crippen LogP contribution >= 0.6 is 0 Å². The predicted octanol–water partition coefficient (Wildman–Crippen LogP) is 4.19. The van der Waals surface area contributed by atoms with E-state index in [4.69, 9.17) is 5.10 Å². The van der Waals surface area contributed by atoms with Crippen LogP contribution in [0, 0.1) is 13.8 Å². The molecule has 0 atom stereocenters. The molecule has 0 aliphatic carbocycles. The Bertz CT molecular complexity index is 640. The lowest BCUT2D eigenvalue weighted by atomic mass is 10.1. The van der Waals surface area contributed by atoms with Crippen molar-refractivity contribution in [2.24, 2.45) is 0 Å². The standard InChI is InChI=1S/C18H25N3/c1-4-7-16-15-8-5-6-11-19-18(15)21(20-16)17-10-9-13(2)12-14(17)3/h9-10,12,19H,4-8,11H2,1-3H3. The fourth-order valence-corrected chi connectivity index (χ4v) is 3.23. The molecule has 3 heteroatoms. The van der Waals surface area contributed by atoms with Crippen LogP contribution in [0.4, 0.5) is 5.82 Å². The fraction of sp³-hybridized carbons (Fsp3) is 0.500. The summed E-state index contributed by atoms with van der Waals surface area (Å²) in [6.45, 7) is 7.59. The van der Waals surface area contributed by atoms with Crippen LogP contribution in [0.5, 0.6) is 0 Å². The van der Waals surface area contributed by atoms with Crippen LogP contribution in [-0.4, -0.2) is 16.3 Å². The van der Waals surface area contributed by atoms with Crippen molar-refractivity contribution in [2.45, 2.75) is 52.9 Å². The molecule has 0 saturated heterocycles. The third-order valence-electron chi connectivity index (χ3n) is 4.28. The molecular weight excluding hydrogens is 258 g/mol. The third-order valence-corrected chi connectivity index (χ3v) is 4.28. The van der Waals surface area contributed by atoms with E-state index in [2.05, 4.69) is 49.0 Å². The monoisotopic (exact) mass is 283 g/mol. The van der Waals surface area contributed by atoms with Gasteiger partial charge in [0.05, 0.1) is 11.4 Å². The first kappa shape index (κ1) is 14.2. The van der Waals surface area contributed by atoms with Crippen molar-refractivity contribution in [3.63, 3.8) is 0 Å². The molecule has 3 rings (SSSR count). The SMILES string of the molecule is CCCc1nn(-c2ccc(C)cc2C)c2c1CCCCN2. The molecule has 0 unspecified atom stereocenters. The van der Waals surface area contributed by atoms with Crippen LogP contribution in [-0.2, 0) is 12.8 Å². The maximum Gasteiger partial charge on any atom is 0.133 e. The predicted molar refractivity (Wildman–Crippen MR) is 88.5 cm³/mol. The first-order chi connectivity index (χ1) is 10.2. The van der Waals surface area contributed by atoms with E-state index in [1.807, 2.05) is 0 Å². The Balaban J connectivity index is 2.13. The van der Waals surface area contributed by atoms with Crippen LogP contribution in [0.1, 0.15) is 48.6 Å². The molecule has 0 bridgehead atoms. The number of hydrogen-bond donors (Lipinski definition) is 1. The molecule has 2 heterocycles. The minimum atomic E-state index is 1.05. The maximum atomic E-state index is 4.94. The average Bonchev–Trinajstić information content (AvgIpc) is 2.64. The lowest BCUT2D eigenvalue weighted by Crippen LogP contribution is -2.08. The average molecular weight is 283 g/mol. The second-order valence-electron chi connectivity index (χ2n) is 6.11.